The number of nitrogens with one attached hydrogen (secondary N) is 2. The van der Waals surface area contributed by atoms with Gasteiger partial charge in [0, 0.05) is 18.0 Å². The smallest absolute Gasteiger partial charge is 0.145 e. The van der Waals surface area contributed by atoms with Crippen LogP contribution < -0.4 is 16.6 Å². The third-order valence-corrected chi connectivity index (χ3v) is 4.38. The SMILES string of the molecule is CC1CCCCC1CNc1cc(NN)nc(C(C)(C)C)n1. The van der Waals surface area contributed by atoms with E-state index in [-0.39, 0.29) is 5.41 Å². The highest BCUT2D eigenvalue weighted by atomic mass is 15.3. The van der Waals surface area contributed by atoms with Crippen molar-refractivity contribution in [2.45, 2.75) is 58.8 Å². The number of hydrogen-bond donors (Lipinski definition) is 3. The predicted molar refractivity (Wildman–Crippen MR) is 88.2 cm³/mol. The van der Waals surface area contributed by atoms with Crippen LogP contribution in [0.25, 0.3) is 0 Å². The van der Waals surface area contributed by atoms with Gasteiger partial charge in [0.05, 0.1) is 0 Å². The molecule has 1 aliphatic carbocycles. The molecule has 2 atom stereocenters. The molecule has 0 aromatic carbocycles. The Morgan fingerprint density at radius 2 is 1.86 bits per heavy atom. The first-order valence-electron chi connectivity index (χ1n) is 8.00. The Morgan fingerprint density at radius 1 is 1.19 bits per heavy atom. The summed E-state index contributed by atoms with van der Waals surface area (Å²) in [6, 6.07) is 1.88. The van der Waals surface area contributed by atoms with Crippen molar-refractivity contribution in [3.63, 3.8) is 0 Å². The molecule has 1 aromatic rings. The van der Waals surface area contributed by atoms with Crippen molar-refractivity contribution in [1.82, 2.24) is 9.97 Å². The molecule has 0 aliphatic heterocycles. The van der Waals surface area contributed by atoms with Gasteiger partial charge >= 0.3 is 0 Å². The van der Waals surface area contributed by atoms with Crippen molar-refractivity contribution in [2.24, 2.45) is 17.7 Å². The van der Waals surface area contributed by atoms with E-state index in [4.69, 9.17) is 5.84 Å². The minimum Gasteiger partial charge on any atom is -0.370 e. The van der Waals surface area contributed by atoms with E-state index in [9.17, 15) is 0 Å². The summed E-state index contributed by atoms with van der Waals surface area (Å²) in [5.41, 5.74) is 2.54. The summed E-state index contributed by atoms with van der Waals surface area (Å²) in [7, 11) is 0. The Hall–Kier alpha value is -1.36. The van der Waals surface area contributed by atoms with Crippen LogP contribution in [0.4, 0.5) is 11.6 Å². The van der Waals surface area contributed by atoms with Gasteiger partial charge in [-0.2, -0.15) is 0 Å². The number of rotatable bonds is 4. The second-order valence-electron chi connectivity index (χ2n) is 7.26. The standard InChI is InChI=1S/C16H29N5/c1-11-7-5-6-8-12(11)10-18-13-9-14(21-17)20-15(19-13)16(2,3)4/h9,11-12H,5-8,10,17H2,1-4H3,(H2,18,19,20,21). The van der Waals surface area contributed by atoms with E-state index in [0.717, 1.165) is 30.0 Å². The molecule has 118 valence electrons. The Morgan fingerprint density at radius 3 is 2.48 bits per heavy atom. The van der Waals surface area contributed by atoms with Gasteiger partial charge in [0.25, 0.3) is 0 Å². The van der Waals surface area contributed by atoms with Crippen molar-refractivity contribution < 1.29 is 0 Å². The zero-order valence-corrected chi connectivity index (χ0v) is 13.7. The lowest BCUT2D eigenvalue weighted by molar-refractivity contribution is 0.268. The van der Waals surface area contributed by atoms with Crippen LogP contribution in [0.3, 0.4) is 0 Å². The van der Waals surface area contributed by atoms with Crippen molar-refractivity contribution in [3.8, 4) is 0 Å². The molecule has 5 nitrogen and oxygen atoms in total. The van der Waals surface area contributed by atoms with E-state index in [1.165, 1.54) is 25.7 Å². The number of aromatic nitrogens is 2. The van der Waals surface area contributed by atoms with Crippen LogP contribution in [0.5, 0.6) is 0 Å². The van der Waals surface area contributed by atoms with Crippen LogP contribution in [-0.4, -0.2) is 16.5 Å². The van der Waals surface area contributed by atoms with E-state index < -0.39 is 0 Å². The molecule has 0 spiro atoms. The van der Waals surface area contributed by atoms with Crippen LogP contribution in [0.2, 0.25) is 0 Å². The van der Waals surface area contributed by atoms with Gasteiger partial charge in [-0.15, -0.1) is 0 Å². The largest absolute Gasteiger partial charge is 0.370 e. The molecule has 4 N–H and O–H groups in total. The average molecular weight is 291 g/mol. The molecular weight excluding hydrogens is 262 g/mol. The summed E-state index contributed by atoms with van der Waals surface area (Å²) in [4.78, 5) is 9.09. The molecule has 1 heterocycles. The topological polar surface area (TPSA) is 75.9 Å². The second-order valence-corrected chi connectivity index (χ2v) is 7.26. The molecule has 0 amide bonds. The normalized spacial score (nSPS) is 22.9. The van der Waals surface area contributed by atoms with E-state index in [0.29, 0.717) is 5.82 Å². The van der Waals surface area contributed by atoms with E-state index >= 15 is 0 Å². The van der Waals surface area contributed by atoms with Gasteiger partial charge in [0.15, 0.2) is 0 Å². The average Bonchev–Trinajstić information content (AvgIpc) is 2.45. The van der Waals surface area contributed by atoms with Crippen LogP contribution >= 0.6 is 0 Å². The third kappa shape index (κ3) is 4.30. The highest BCUT2D eigenvalue weighted by Crippen LogP contribution is 2.30. The Kier molecular flexibility index (Phi) is 5.04. The van der Waals surface area contributed by atoms with Crippen LogP contribution in [0.15, 0.2) is 6.07 Å². The zero-order chi connectivity index (χ0) is 15.5. The maximum absolute atomic E-state index is 5.52. The van der Waals surface area contributed by atoms with Crippen LogP contribution in [0.1, 0.15) is 59.2 Å². The summed E-state index contributed by atoms with van der Waals surface area (Å²) in [6.07, 6.45) is 5.39. The number of nitrogens with two attached hydrogens (primary N) is 1. The monoisotopic (exact) mass is 291 g/mol. The molecule has 1 fully saturated rings. The quantitative estimate of drug-likeness (QED) is 0.586. The fraction of sp³-hybridized carbons (Fsp3) is 0.750. The molecule has 1 saturated carbocycles. The number of hydrazine groups is 1. The summed E-state index contributed by atoms with van der Waals surface area (Å²) < 4.78 is 0. The second kappa shape index (κ2) is 6.60. The number of nitrogens with zero attached hydrogens (tertiary/aromatic N) is 2. The summed E-state index contributed by atoms with van der Waals surface area (Å²) in [5.74, 6) is 9.38. The van der Waals surface area contributed by atoms with Gasteiger partial charge in [-0.25, -0.2) is 15.8 Å². The fourth-order valence-corrected chi connectivity index (χ4v) is 2.88. The van der Waals surface area contributed by atoms with Gasteiger partial charge in [-0.05, 0) is 18.3 Å². The minimum atomic E-state index is -0.0958. The number of nitrogen functional groups attached to an aromatic ring is 1. The first-order valence-corrected chi connectivity index (χ1v) is 8.00. The van der Waals surface area contributed by atoms with Crippen LogP contribution in [-0.2, 0) is 5.41 Å². The maximum Gasteiger partial charge on any atom is 0.145 e. The van der Waals surface area contributed by atoms with Crippen molar-refractivity contribution in [2.75, 3.05) is 17.3 Å². The molecule has 1 aromatic heterocycles. The zero-order valence-electron chi connectivity index (χ0n) is 13.7. The van der Waals surface area contributed by atoms with Crippen LogP contribution in [0, 0.1) is 11.8 Å². The number of anilines is 2. The lowest BCUT2D eigenvalue weighted by atomic mass is 9.80. The van der Waals surface area contributed by atoms with E-state index in [1.807, 2.05) is 6.07 Å². The highest BCUT2D eigenvalue weighted by molar-refractivity contribution is 5.47. The molecule has 21 heavy (non-hydrogen) atoms. The lowest BCUT2D eigenvalue weighted by Crippen LogP contribution is -2.25. The minimum absolute atomic E-state index is 0.0958. The molecule has 1 aliphatic rings. The first-order chi connectivity index (χ1) is 9.90. The first kappa shape index (κ1) is 16.0. The highest BCUT2D eigenvalue weighted by Gasteiger charge is 2.22. The van der Waals surface area contributed by atoms with Crippen molar-refractivity contribution >= 4 is 11.6 Å². The van der Waals surface area contributed by atoms with Crippen molar-refractivity contribution in [1.29, 1.82) is 0 Å². The molecular formula is C16H29N5. The third-order valence-electron chi connectivity index (χ3n) is 4.38. The Balaban J connectivity index is 2.08. The number of hydrogen-bond acceptors (Lipinski definition) is 5. The van der Waals surface area contributed by atoms with Crippen molar-refractivity contribution in [3.05, 3.63) is 11.9 Å². The summed E-state index contributed by atoms with van der Waals surface area (Å²) in [5, 5.41) is 3.49. The van der Waals surface area contributed by atoms with Gasteiger partial charge in [0.1, 0.15) is 17.5 Å². The molecule has 2 unspecified atom stereocenters. The molecule has 0 radical (unpaired) electrons. The van der Waals surface area contributed by atoms with Gasteiger partial charge in [0.2, 0.25) is 0 Å². The summed E-state index contributed by atoms with van der Waals surface area (Å²) >= 11 is 0. The molecule has 2 rings (SSSR count). The van der Waals surface area contributed by atoms with E-state index in [2.05, 4.69) is 48.4 Å². The predicted octanol–water partition coefficient (Wildman–Crippen LogP) is 3.30. The van der Waals surface area contributed by atoms with Gasteiger partial charge < -0.3 is 10.7 Å². The molecule has 5 heteroatoms. The van der Waals surface area contributed by atoms with E-state index in [1.54, 1.807) is 0 Å². The van der Waals surface area contributed by atoms with Gasteiger partial charge in [-0.3, -0.25) is 0 Å². The Labute approximate surface area is 128 Å². The molecule has 0 bridgehead atoms. The Bertz CT molecular complexity index is 466. The maximum atomic E-state index is 5.52. The fourth-order valence-electron chi connectivity index (χ4n) is 2.88. The summed E-state index contributed by atoms with van der Waals surface area (Å²) in [6.45, 7) is 9.66. The van der Waals surface area contributed by atoms with Gasteiger partial charge in [-0.1, -0.05) is 47.0 Å². The molecule has 0 saturated heterocycles. The lowest BCUT2D eigenvalue weighted by Gasteiger charge is -2.29.